The van der Waals surface area contributed by atoms with E-state index in [1.165, 1.54) is 12.1 Å². The van der Waals surface area contributed by atoms with Crippen LogP contribution >= 0.6 is 23.2 Å². The SMILES string of the molecule is N#Cc1ccc2c(c1C(F)(F)F)CCN2Cc1noc(-c2ccc(Cl)c(Cl)c2)n1. The van der Waals surface area contributed by atoms with Crippen molar-refractivity contribution < 1.29 is 17.7 Å². The Hall–Kier alpha value is -2.76. The van der Waals surface area contributed by atoms with Crippen LogP contribution in [0.3, 0.4) is 0 Å². The molecule has 0 amide bonds. The molecule has 4 rings (SSSR count). The summed E-state index contributed by atoms with van der Waals surface area (Å²) in [6.07, 6.45) is -4.42. The van der Waals surface area contributed by atoms with Gasteiger partial charge in [0.05, 0.1) is 33.8 Å². The summed E-state index contributed by atoms with van der Waals surface area (Å²) in [4.78, 5) is 6.03. The number of anilines is 1. The Balaban J connectivity index is 1.62. The van der Waals surface area contributed by atoms with Gasteiger partial charge in [-0.15, -0.1) is 0 Å². The number of benzene rings is 2. The molecule has 29 heavy (non-hydrogen) atoms. The lowest BCUT2D eigenvalue weighted by atomic mass is 9.99. The summed E-state index contributed by atoms with van der Waals surface area (Å²) in [6.45, 7) is 0.519. The minimum atomic E-state index is -4.60. The van der Waals surface area contributed by atoms with E-state index in [-0.39, 0.29) is 30.0 Å². The van der Waals surface area contributed by atoms with Gasteiger partial charge in [-0.3, -0.25) is 0 Å². The minimum absolute atomic E-state index is 0.116. The number of fused-ring (bicyclic) bond motifs is 1. The van der Waals surface area contributed by atoms with Gasteiger partial charge in [0.2, 0.25) is 0 Å². The van der Waals surface area contributed by atoms with Gasteiger partial charge in [0.1, 0.15) is 0 Å². The lowest BCUT2D eigenvalue weighted by molar-refractivity contribution is -0.138. The van der Waals surface area contributed by atoms with Gasteiger partial charge in [-0.25, -0.2) is 0 Å². The van der Waals surface area contributed by atoms with E-state index in [0.717, 1.165) is 0 Å². The topological polar surface area (TPSA) is 66.0 Å². The highest BCUT2D eigenvalue weighted by atomic mass is 35.5. The molecule has 0 spiro atoms. The number of hydrogen-bond acceptors (Lipinski definition) is 5. The number of rotatable bonds is 3. The van der Waals surface area contributed by atoms with Crippen LogP contribution in [-0.4, -0.2) is 16.7 Å². The first kappa shape index (κ1) is 19.6. The molecule has 0 radical (unpaired) electrons. The average Bonchev–Trinajstić information content (AvgIpc) is 3.30. The number of halogens is 5. The van der Waals surface area contributed by atoms with Crippen LogP contribution in [0.2, 0.25) is 10.0 Å². The highest BCUT2D eigenvalue weighted by Crippen LogP contribution is 2.42. The van der Waals surface area contributed by atoms with Crippen LogP contribution in [0.15, 0.2) is 34.9 Å². The maximum Gasteiger partial charge on any atom is 0.418 e. The second-order valence-corrected chi connectivity index (χ2v) is 7.23. The largest absolute Gasteiger partial charge is 0.418 e. The van der Waals surface area contributed by atoms with E-state index in [1.54, 1.807) is 29.2 Å². The van der Waals surface area contributed by atoms with Gasteiger partial charge >= 0.3 is 6.18 Å². The van der Waals surface area contributed by atoms with Crippen LogP contribution < -0.4 is 4.90 Å². The Kier molecular flexibility index (Phi) is 4.89. The van der Waals surface area contributed by atoms with Crippen molar-refractivity contribution in [2.24, 2.45) is 0 Å². The molecule has 1 aliphatic heterocycles. The van der Waals surface area contributed by atoms with Crippen LogP contribution in [0.4, 0.5) is 18.9 Å². The quantitative estimate of drug-likeness (QED) is 0.540. The van der Waals surface area contributed by atoms with Gasteiger partial charge in [-0.1, -0.05) is 28.4 Å². The van der Waals surface area contributed by atoms with E-state index in [9.17, 15) is 13.2 Å². The Morgan fingerprint density at radius 1 is 1.17 bits per heavy atom. The Morgan fingerprint density at radius 3 is 2.66 bits per heavy atom. The van der Waals surface area contributed by atoms with Crippen LogP contribution in [0.1, 0.15) is 22.5 Å². The summed E-state index contributed by atoms with van der Waals surface area (Å²) in [5.74, 6) is 0.547. The molecular formula is C19H11Cl2F3N4O. The predicted octanol–water partition coefficient (Wildman–Crippen LogP) is 5.50. The number of nitriles is 1. The normalized spacial score (nSPS) is 13.4. The monoisotopic (exact) mass is 438 g/mol. The molecule has 0 bridgehead atoms. The second kappa shape index (κ2) is 7.25. The van der Waals surface area contributed by atoms with Crippen LogP contribution in [0, 0.1) is 11.3 Å². The van der Waals surface area contributed by atoms with Gasteiger partial charge in [-0.2, -0.15) is 23.4 Å². The first-order chi connectivity index (χ1) is 13.8. The zero-order valence-electron chi connectivity index (χ0n) is 14.6. The van der Waals surface area contributed by atoms with Crippen molar-refractivity contribution in [1.82, 2.24) is 10.1 Å². The molecule has 0 aliphatic carbocycles. The van der Waals surface area contributed by atoms with Crippen molar-refractivity contribution >= 4 is 28.9 Å². The second-order valence-electron chi connectivity index (χ2n) is 6.41. The van der Waals surface area contributed by atoms with Gasteiger partial charge in [-0.05, 0) is 42.3 Å². The van der Waals surface area contributed by atoms with Gasteiger partial charge < -0.3 is 9.42 Å². The lowest BCUT2D eigenvalue weighted by Gasteiger charge is -2.19. The van der Waals surface area contributed by atoms with E-state index < -0.39 is 11.7 Å². The molecule has 0 N–H and O–H groups in total. The number of aromatic nitrogens is 2. The van der Waals surface area contributed by atoms with Crippen LogP contribution in [0.5, 0.6) is 0 Å². The van der Waals surface area contributed by atoms with Crippen molar-refractivity contribution in [2.75, 3.05) is 11.4 Å². The highest BCUT2D eigenvalue weighted by Gasteiger charge is 2.39. The first-order valence-electron chi connectivity index (χ1n) is 8.44. The molecule has 0 saturated heterocycles. The fourth-order valence-corrected chi connectivity index (χ4v) is 3.67. The molecule has 0 fully saturated rings. The van der Waals surface area contributed by atoms with E-state index in [4.69, 9.17) is 33.0 Å². The van der Waals surface area contributed by atoms with E-state index in [2.05, 4.69) is 10.1 Å². The van der Waals surface area contributed by atoms with Gasteiger partial charge in [0.25, 0.3) is 5.89 Å². The van der Waals surface area contributed by atoms with Crippen LogP contribution in [0.25, 0.3) is 11.5 Å². The molecule has 0 atom stereocenters. The standard InChI is InChI=1S/C19H11Cl2F3N4O/c20-13-3-1-10(7-14(13)21)18-26-16(27-29-18)9-28-6-5-12-15(28)4-2-11(8-25)17(12)19(22,23)24/h1-4,7H,5-6,9H2. The summed E-state index contributed by atoms with van der Waals surface area (Å²) in [5, 5.41) is 13.7. The lowest BCUT2D eigenvalue weighted by Crippen LogP contribution is -2.20. The molecule has 1 aliphatic rings. The fraction of sp³-hybridized carbons (Fsp3) is 0.211. The van der Waals surface area contributed by atoms with Gasteiger partial charge in [0.15, 0.2) is 5.82 Å². The molecule has 1 aromatic heterocycles. The van der Waals surface area contributed by atoms with Crippen molar-refractivity contribution in [2.45, 2.75) is 19.1 Å². The van der Waals surface area contributed by atoms with Crippen molar-refractivity contribution in [3.63, 3.8) is 0 Å². The molecule has 3 aromatic rings. The third-order valence-corrected chi connectivity index (χ3v) is 5.37. The van der Waals surface area contributed by atoms with E-state index in [0.29, 0.717) is 33.7 Å². The van der Waals surface area contributed by atoms with Crippen molar-refractivity contribution in [3.8, 4) is 17.5 Å². The summed E-state index contributed by atoms with van der Waals surface area (Å²) in [6, 6.07) is 9.21. The summed E-state index contributed by atoms with van der Waals surface area (Å²) >= 11 is 11.9. The number of hydrogen-bond donors (Lipinski definition) is 0. The maximum atomic E-state index is 13.5. The fourth-order valence-electron chi connectivity index (χ4n) is 3.37. The molecule has 2 heterocycles. The minimum Gasteiger partial charge on any atom is -0.363 e. The Labute approximate surface area is 173 Å². The molecule has 5 nitrogen and oxygen atoms in total. The van der Waals surface area contributed by atoms with E-state index >= 15 is 0 Å². The average molecular weight is 439 g/mol. The van der Waals surface area contributed by atoms with E-state index in [1.807, 2.05) is 0 Å². The zero-order valence-corrected chi connectivity index (χ0v) is 16.1. The Bertz CT molecular complexity index is 1140. The number of alkyl halides is 3. The van der Waals surface area contributed by atoms with Crippen molar-refractivity contribution in [1.29, 1.82) is 5.26 Å². The van der Waals surface area contributed by atoms with Gasteiger partial charge in [0, 0.05) is 17.8 Å². The van der Waals surface area contributed by atoms with Crippen LogP contribution in [-0.2, 0) is 19.1 Å². The smallest absolute Gasteiger partial charge is 0.363 e. The first-order valence-corrected chi connectivity index (χ1v) is 9.19. The molecule has 2 aromatic carbocycles. The maximum absolute atomic E-state index is 13.5. The predicted molar refractivity (Wildman–Crippen MR) is 101 cm³/mol. The molecule has 148 valence electrons. The third kappa shape index (κ3) is 3.63. The number of nitrogens with zero attached hydrogens (tertiary/aromatic N) is 4. The summed E-state index contributed by atoms with van der Waals surface area (Å²) in [5.41, 5.74) is -0.135. The Morgan fingerprint density at radius 2 is 1.97 bits per heavy atom. The summed E-state index contributed by atoms with van der Waals surface area (Å²) < 4.78 is 45.6. The summed E-state index contributed by atoms with van der Waals surface area (Å²) in [7, 11) is 0. The van der Waals surface area contributed by atoms with Crippen molar-refractivity contribution in [3.05, 3.63) is 62.9 Å². The molecule has 0 unspecified atom stereocenters. The molecule has 0 saturated carbocycles. The molecule has 10 heteroatoms. The third-order valence-electron chi connectivity index (χ3n) is 4.63. The highest BCUT2D eigenvalue weighted by molar-refractivity contribution is 6.42. The zero-order chi connectivity index (χ0) is 20.8. The molecular weight excluding hydrogens is 428 g/mol.